The molecule has 0 aliphatic heterocycles. The molecule has 0 aromatic heterocycles. The van der Waals surface area contributed by atoms with Crippen LogP contribution in [-0.4, -0.2) is 32.5 Å². The van der Waals surface area contributed by atoms with Crippen LogP contribution in [0.2, 0.25) is 0 Å². The largest absolute Gasteiger partial charge is 0.407 e. The normalized spacial score (nSPS) is 12.3. The highest BCUT2D eigenvalue weighted by molar-refractivity contribution is 6.92. The van der Waals surface area contributed by atoms with Crippen LogP contribution in [0.1, 0.15) is 65.7 Å². The number of benzene rings is 2. The van der Waals surface area contributed by atoms with Crippen molar-refractivity contribution in [2.75, 3.05) is 13.2 Å². The van der Waals surface area contributed by atoms with Crippen LogP contribution in [0.5, 0.6) is 0 Å². The van der Waals surface area contributed by atoms with Gasteiger partial charge in [-0.2, -0.15) is 0 Å². The third-order valence-electron chi connectivity index (χ3n) is 4.87. The maximum absolute atomic E-state index is 8.86. The first kappa shape index (κ1) is 23.8. The predicted molar refractivity (Wildman–Crippen MR) is 124 cm³/mol. The lowest BCUT2D eigenvalue weighted by Crippen LogP contribution is -2.65. The van der Waals surface area contributed by atoms with Crippen molar-refractivity contribution in [3.8, 4) is 0 Å². The van der Waals surface area contributed by atoms with Crippen LogP contribution >= 0.6 is 0 Å². The summed E-state index contributed by atoms with van der Waals surface area (Å²) in [4.78, 5) is 0. The van der Waals surface area contributed by atoms with Crippen molar-refractivity contribution in [1.29, 1.82) is 0 Å². The van der Waals surface area contributed by atoms with E-state index in [2.05, 4.69) is 69.3 Å². The summed E-state index contributed by atoms with van der Waals surface area (Å²) in [5, 5.41) is 11.2. The number of aliphatic hydroxyl groups is 1. The molecule has 0 saturated carbocycles. The zero-order valence-electron chi connectivity index (χ0n) is 18.4. The summed E-state index contributed by atoms with van der Waals surface area (Å²) >= 11 is 0. The average Bonchev–Trinajstić information content (AvgIpc) is 2.72. The maximum Gasteiger partial charge on any atom is 0.407 e. The molecule has 29 heavy (non-hydrogen) atoms. The van der Waals surface area contributed by atoms with E-state index in [1.165, 1.54) is 25.7 Å². The molecule has 160 valence electrons. The van der Waals surface area contributed by atoms with Crippen molar-refractivity contribution in [1.82, 2.24) is 0 Å². The maximum atomic E-state index is 8.86. The number of aliphatic hydroxyl groups excluding tert-OH is 1. The van der Waals surface area contributed by atoms with Gasteiger partial charge in [-0.25, -0.2) is 0 Å². The molecular weight excluding hydrogens is 376 g/mol. The Hall–Kier alpha value is -1.46. The summed E-state index contributed by atoms with van der Waals surface area (Å²) in [7, 11) is -2.80. The molecule has 2 aromatic carbocycles. The van der Waals surface area contributed by atoms with Crippen LogP contribution in [0.3, 0.4) is 0 Å². The minimum Gasteiger partial charge on any atom is -0.396 e. The highest BCUT2D eigenvalue weighted by atomic mass is 28.4. The monoisotopic (exact) mass is 414 g/mol. The second kappa shape index (κ2) is 12.3. The molecule has 1 N–H and O–H groups in total. The average molecular weight is 415 g/mol. The lowest BCUT2D eigenvalue weighted by Gasteiger charge is -2.37. The van der Waals surface area contributed by atoms with Crippen molar-refractivity contribution < 1.29 is 14.0 Å². The van der Waals surface area contributed by atoms with E-state index in [0.717, 1.165) is 29.6 Å². The van der Waals surface area contributed by atoms with Gasteiger partial charge >= 0.3 is 8.56 Å². The zero-order valence-corrected chi connectivity index (χ0v) is 19.4. The lowest BCUT2D eigenvalue weighted by atomic mass is 10.1. The van der Waals surface area contributed by atoms with Gasteiger partial charge in [0.2, 0.25) is 0 Å². The minimum atomic E-state index is -2.80. The van der Waals surface area contributed by atoms with E-state index in [0.29, 0.717) is 13.2 Å². The van der Waals surface area contributed by atoms with Crippen molar-refractivity contribution in [3.63, 3.8) is 0 Å². The van der Waals surface area contributed by atoms with Gasteiger partial charge in [-0.1, -0.05) is 92.8 Å². The van der Waals surface area contributed by atoms with Crippen molar-refractivity contribution in [2.45, 2.75) is 71.3 Å². The smallest absolute Gasteiger partial charge is 0.396 e. The Kier molecular flexibility index (Phi) is 10.1. The van der Waals surface area contributed by atoms with Gasteiger partial charge in [0.15, 0.2) is 0 Å². The Balaban J connectivity index is 2.08. The Morgan fingerprint density at radius 2 is 1.14 bits per heavy atom. The fraction of sp³-hybridized carbons (Fsp3) is 0.520. The number of rotatable bonds is 13. The van der Waals surface area contributed by atoms with E-state index in [1.54, 1.807) is 0 Å². The topological polar surface area (TPSA) is 38.7 Å². The molecule has 0 spiro atoms. The molecule has 0 fully saturated rings. The van der Waals surface area contributed by atoms with Crippen LogP contribution in [0, 0.1) is 0 Å². The summed E-state index contributed by atoms with van der Waals surface area (Å²) < 4.78 is 13.5. The van der Waals surface area contributed by atoms with E-state index < -0.39 is 8.56 Å². The Morgan fingerprint density at radius 1 is 0.690 bits per heavy atom. The SMILES string of the molecule is CC(C)(C)O[Si](OCCCCCCCCCO)(c1ccccc1)c1ccccc1. The second-order valence-corrected chi connectivity index (χ2v) is 11.5. The van der Waals surface area contributed by atoms with Gasteiger partial charge in [-0.05, 0) is 44.0 Å². The van der Waals surface area contributed by atoms with Gasteiger partial charge < -0.3 is 14.0 Å². The van der Waals surface area contributed by atoms with Crippen LogP contribution in [-0.2, 0) is 8.85 Å². The van der Waals surface area contributed by atoms with Gasteiger partial charge in [0.1, 0.15) is 0 Å². The summed E-state index contributed by atoms with van der Waals surface area (Å²) in [6.45, 7) is 7.35. The molecule has 0 aliphatic carbocycles. The van der Waals surface area contributed by atoms with Crippen molar-refractivity contribution in [3.05, 3.63) is 60.7 Å². The molecule has 0 atom stereocenters. The molecule has 0 amide bonds. The van der Waals surface area contributed by atoms with Crippen LogP contribution in [0.25, 0.3) is 0 Å². The summed E-state index contributed by atoms with van der Waals surface area (Å²) in [6, 6.07) is 21.0. The van der Waals surface area contributed by atoms with Crippen LogP contribution < -0.4 is 10.4 Å². The Bertz CT molecular complexity index is 628. The van der Waals surface area contributed by atoms with Gasteiger partial charge in [-0.3, -0.25) is 0 Å². The standard InChI is InChI=1S/C25H38O3Si/c1-25(2,3)28-29(23-17-11-9-12-18-23,24-19-13-10-14-20-24)27-22-16-8-6-4-5-7-15-21-26/h9-14,17-20,26H,4-8,15-16,21-22H2,1-3H3. The molecule has 0 heterocycles. The predicted octanol–water partition coefficient (Wildman–Crippen LogP) is 4.80. The molecule has 2 rings (SSSR count). The summed E-state index contributed by atoms with van der Waals surface area (Å²) in [5.74, 6) is 0. The van der Waals surface area contributed by atoms with Gasteiger partial charge in [0.25, 0.3) is 0 Å². The first-order valence-corrected chi connectivity index (χ1v) is 12.9. The molecule has 0 unspecified atom stereocenters. The van der Waals surface area contributed by atoms with Crippen LogP contribution in [0.15, 0.2) is 60.7 Å². The fourth-order valence-corrected chi connectivity index (χ4v) is 7.06. The Labute approximate surface area is 178 Å². The molecule has 2 aromatic rings. The van der Waals surface area contributed by atoms with Crippen molar-refractivity contribution in [2.24, 2.45) is 0 Å². The summed E-state index contributed by atoms with van der Waals surface area (Å²) in [6.07, 6.45) is 7.93. The first-order valence-electron chi connectivity index (χ1n) is 11.0. The molecule has 3 nitrogen and oxygen atoms in total. The number of hydrogen-bond donors (Lipinski definition) is 1. The molecule has 0 radical (unpaired) electrons. The van der Waals surface area contributed by atoms with E-state index >= 15 is 0 Å². The second-order valence-electron chi connectivity index (χ2n) is 8.61. The number of unbranched alkanes of at least 4 members (excludes halogenated alkanes) is 6. The fourth-order valence-electron chi connectivity index (χ4n) is 3.54. The molecular formula is C25H38O3Si. The van der Waals surface area contributed by atoms with Gasteiger partial charge in [-0.15, -0.1) is 0 Å². The van der Waals surface area contributed by atoms with Gasteiger partial charge in [0, 0.05) is 13.2 Å². The third kappa shape index (κ3) is 8.05. The zero-order chi connectivity index (χ0) is 21.0. The van der Waals surface area contributed by atoms with E-state index in [4.69, 9.17) is 14.0 Å². The minimum absolute atomic E-state index is 0.301. The van der Waals surface area contributed by atoms with E-state index in [9.17, 15) is 0 Å². The third-order valence-corrected chi connectivity index (χ3v) is 8.56. The summed E-state index contributed by atoms with van der Waals surface area (Å²) in [5.41, 5.74) is -0.301. The highest BCUT2D eigenvalue weighted by Crippen LogP contribution is 2.20. The molecule has 0 aliphatic rings. The van der Waals surface area contributed by atoms with E-state index in [1.807, 2.05) is 12.1 Å². The molecule has 0 saturated heterocycles. The van der Waals surface area contributed by atoms with Crippen LogP contribution in [0.4, 0.5) is 0 Å². The molecule has 0 bridgehead atoms. The molecule has 4 heteroatoms. The lowest BCUT2D eigenvalue weighted by molar-refractivity contribution is 0.0770. The number of hydrogen-bond acceptors (Lipinski definition) is 3. The van der Waals surface area contributed by atoms with Gasteiger partial charge in [0.05, 0.1) is 5.60 Å². The quantitative estimate of drug-likeness (QED) is 0.378. The van der Waals surface area contributed by atoms with E-state index in [-0.39, 0.29) is 5.60 Å². The first-order chi connectivity index (χ1) is 14.0. The highest BCUT2D eigenvalue weighted by Gasteiger charge is 2.45. The van der Waals surface area contributed by atoms with Crippen molar-refractivity contribution >= 4 is 18.9 Å². The Morgan fingerprint density at radius 3 is 1.59 bits per heavy atom.